The number of rotatable bonds is 4. The molecular formula is C11H17ClN2O3S. The van der Waals surface area contributed by atoms with E-state index in [4.69, 9.17) is 5.73 Å². The molecule has 5 nitrogen and oxygen atoms in total. The zero-order valence-corrected chi connectivity index (χ0v) is 11.8. The van der Waals surface area contributed by atoms with Gasteiger partial charge in [0.05, 0.1) is 0 Å². The van der Waals surface area contributed by atoms with Crippen molar-refractivity contribution in [2.24, 2.45) is 5.73 Å². The SMILES string of the molecule is CC(C(=O)Nc1ccc(CN)cc1)S(C)(=O)=O.Cl. The van der Waals surface area contributed by atoms with E-state index in [9.17, 15) is 13.2 Å². The van der Waals surface area contributed by atoms with Gasteiger partial charge in [0.2, 0.25) is 5.91 Å². The van der Waals surface area contributed by atoms with Gasteiger partial charge in [0.25, 0.3) is 0 Å². The molecule has 0 radical (unpaired) electrons. The molecule has 0 fully saturated rings. The second-order valence-electron chi connectivity index (χ2n) is 3.86. The molecule has 18 heavy (non-hydrogen) atoms. The Balaban J connectivity index is 0.00000289. The van der Waals surface area contributed by atoms with Gasteiger partial charge in [-0.3, -0.25) is 4.79 Å². The molecule has 1 atom stereocenters. The Bertz CT molecular complexity index is 500. The molecule has 1 aromatic carbocycles. The second-order valence-corrected chi connectivity index (χ2v) is 6.23. The Kier molecular flexibility index (Phi) is 6.31. The summed E-state index contributed by atoms with van der Waals surface area (Å²) in [4.78, 5) is 11.6. The third-order valence-electron chi connectivity index (χ3n) is 2.47. The van der Waals surface area contributed by atoms with Crippen molar-refractivity contribution >= 4 is 33.8 Å². The van der Waals surface area contributed by atoms with Gasteiger partial charge in [-0.15, -0.1) is 12.4 Å². The summed E-state index contributed by atoms with van der Waals surface area (Å²) in [5, 5.41) is 1.48. The van der Waals surface area contributed by atoms with Gasteiger partial charge in [-0.2, -0.15) is 0 Å². The molecule has 0 spiro atoms. The summed E-state index contributed by atoms with van der Waals surface area (Å²) in [6, 6.07) is 6.94. The first-order chi connectivity index (χ1) is 7.84. The fraction of sp³-hybridized carbons (Fsp3) is 0.364. The number of halogens is 1. The van der Waals surface area contributed by atoms with Crippen LogP contribution in [0.2, 0.25) is 0 Å². The zero-order chi connectivity index (χ0) is 13.1. The smallest absolute Gasteiger partial charge is 0.242 e. The van der Waals surface area contributed by atoms with Gasteiger partial charge in [0.15, 0.2) is 9.84 Å². The number of sulfone groups is 1. The number of anilines is 1. The molecule has 1 unspecified atom stereocenters. The minimum atomic E-state index is -3.37. The van der Waals surface area contributed by atoms with Crippen LogP contribution < -0.4 is 11.1 Å². The summed E-state index contributed by atoms with van der Waals surface area (Å²) in [6.07, 6.45) is 1.04. The number of hydrogen-bond acceptors (Lipinski definition) is 4. The van der Waals surface area contributed by atoms with Gasteiger partial charge < -0.3 is 11.1 Å². The average Bonchev–Trinajstić information content (AvgIpc) is 2.27. The highest BCUT2D eigenvalue weighted by Crippen LogP contribution is 2.10. The monoisotopic (exact) mass is 292 g/mol. The van der Waals surface area contributed by atoms with Gasteiger partial charge in [-0.25, -0.2) is 8.42 Å². The van der Waals surface area contributed by atoms with Crippen LogP contribution in [0.25, 0.3) is 0 Å². The highest BCUT2D eigenvalue weighted by molar-refractivity contribution is 7.92. The first kappa shape index (κ1) is 16.9. The minimum absolute atomic E-state index is 0. The molecule has 7 heteroatoms. The van der Waals surface area contributed by atoms with E-state index in [0.29, 0.717) is 12.2 Å². The number of benzene rings is 1. The quantitative estimate of drug-likeness (QED) is 0.864. The van der Waals surface area contributed by atoms with Crippen molar-refractivity contribution in [2.75, 3.05) is 11.6 Å². The molecule has 0 saturated heterocycles. The van der Waals surface area contributed by atoms with Crippen LogP contribution in [-0.4, -0.2) is 25.8 Å². The molecule has 0 saturated carbocycles. The van der Waals surface area contributed by atoms with Crippen LogP contribution in [0.15, 0.2) is 24.3 Å². The van der Waals surface area contributed by atoms with E-state index in [1.165, 1.54) is 6.92 Å². The number of nitrogens with two attached hydrogens (primary N) is 1. The lowest BCUT2D eigenvalue weighted by molar-refractivity contribution is -0.115. The molecule has 0 aliphatic carbocycles. The molecule has 1 amide bonds. The van der Waals surface area contributed by atoms with Crippen molar-refractivity contribution in [3.8, 4) is 0 Å². The Morgan fingerprint density at radius 3 is 2.22 bits per heavy atom. The fourth-order valence-corrected chi connectivity index (χ4v) is 1.61. The summed E-state index contributed by atoms with van der Waals surface area (Å²) < 4.78 is 22.4. The molecule has 1 rings (SSSR count). The van der Waals surface area contributed by atoms with Gasteiger partial charge in [-0.05, 0) is 24.6 Å². The van der Waals surface area contributed by atoms with Crippen LogP contribution in [0.3, 0.4) is 0 Å². The summed E-state index contributed by atoms with van der Waals surface area (Å²) >= 11 is 0. The second kappa shape index (κ2) is 6.72. The van der Waals surface area contributed by atoms with Gasteiger partial charge in [-0.1, -0.05) is 12.1 Å². The van der Waals surface area contributed by atoms with Crippen molar-refractivity contribution < 1.29 is 13.2 Å². The topological polar surface area (TPSA) is 89.3 Å². The van der Waals surface area contributed by atoms with E-state index >= 15 is 0 Å². The lowest BCUT2D eigenvalue weighted by atomic mass is 10.2. The molecule has 0 aliphatic rings. The predicted molar refractivity (Wildman–Crippen MR) is 74.5 cm³/mol. The fourth-order valence-electron chi connectivity index (χ4n) is 1.16. The largest absolute Gasteiger partial charge is 0.326 e. The number of carbonyl (C=O) groups is 1. The van der Waals surface area contributed by atoms with Gasteiger partial charge >= 0.3 is 0 Å². The van der Waals surface area contributed by atoms with Crippen LogP contribution in [-0.2, 0) is 21.2 Å². The van der Waals surface area contributed by atoms with Crippen LogP contribution in [0.5, 0.6) is 0 Å². The van der Waals surface area contributed by atoms with Gasteiger partial charge in [0, 0.05) is 18.5 Å². The number of nitrogens with one attached hydrogen (secondary N) is 1. The highest BCUT2D eigenvalue weighted by atomic mass is 35.5. The van der Waals surface area contributed by atoms with Crippen molar-refractivity contribution in [1.29, 1.82) is 0 Å². The van der Waals surface area contributed by atoms with Gasteiger partial charge in [0.1, 0.15) is 5.25 Å². The van der Waals surface area contributed by atoms with E-state index in [2.05, 4.69) is 5.32 Å². The maximum absolute atomic E-state index is 11.6. The van der Waals surface area contributed by atoms with Crippen molar-refractivity contribution in [3.63, 3.8) is 0 Å². The van der Waals surface area contributed by atoms with E-state index in [0.717, 1.165) is 11.8 Å². The van der Waals surface area contributed by atoms with Crippen LogP contribution in [0.4, 0.5) is 5.69 Å². The zero-order valence-electron chi connectivity index (χ0n) is 10.2. The molecule has 3 N–H and O–H groups in total. The third-order valence-corrected chi connectivity index (χ3v) is 3.97. The molecule has 1 aromatic rings. The average molecular weight is 293 g/mol. The lowest BCUT2D eigenvalue weighted by Gasteiger charge is -2.10. The van der Waals surface area contributed by atoms with Crippen molar-refractivity contribution in [1.82, 2.24) is 0 Å². The highest BCUT2D eigenvalue weighted by Gasteiger charge is 2.23. The summed E-state index contributed by atoms with van der Waals surface area (Å²) in [5.74, 6) is -0.534. The Morgan fingerprint density at radius 2 is 1.83 bits per heavy atom. The minimum Gasteiger partial charge on any atom is -0.326 e. The van der Waals surface area contributed by atoms with Crippen molar-refractivity contribution in [3.05, 3.63) is 29.8 Å². The molecule has 0 heterocycles. The molecular weight excluding hydrogens is 276 g/mol. The van der Waals surface area contributed by atoms with E-state index in [-0.39, 0.29) is 12.4 Å². The Morgan fingerprint density at radius 1 is 1.33 bits per heavy atom. The number of carbonyl (C=O) groups excluding carboxylic acids is 1. The van der Waals surface area contributed by atoms with E-state index in [1.54, 1.807) is 24.3 Å². The van der Waals surface area contributed by atoms with Crippen LogP contribution >= 0.6 is 12.4 Å². The summed E-state index contributed by atoms with van der Waals surface area (Å²) in [7, 11) is -3.37. The van der Waals surface area contributed by atoms with E-state index in [1.807, 2.05) is 0 Å². The maximum atomic E-state index is 11.6. The third kappa shape index (κ3) is 4.64. The molecule has 0 aromatic heterocycles. The lowest BCUT2D eigenvalue weighted by Crippen LogP contribution is -2.31. The predicted octanol–water partition coefficient (Wildman–Crippen LogP) is 0.939. The normalized spacial score (nSPS) is 12.4. The van der Waals surface area contributed by atoms with E-state index < -0.39 is 21.0 Å². The Hall–Kier alpha value is -1.11. The first-order valence-electron chi connectivity index (χ1n) is 5.13. The standard InChI is InChI=1S/C11H16N2O3S.ClH/c1-8(17(2,15)16)11(14)13-10-5-3-9(7-12)4-6-10;/h3-6,8H,7,12H2,1-2H3,(H,13,14);1H. The molecule has 102 valence electrons. The molecule has 0 aliphatic heterocycles. The Labute approximate surface area is 113 Å². The van der Waals surface area contributed by atoms with Crippen LogP contribution in [0, 0.1) is 0 Å². The maximum Gasteiger partial charge on any atom is 0.242 e. The summed E-state index contributed by atoms with van der Waals surface area (Å²) in [6.45, 7) is 1.78. The number of amides is 1. The summed E-state index contributed by atoms with van der Waals surface area (Å²) in [5.41, 5.74) is 6.94. The first-order valence-corrected chi connectivity index (χ1v) is 7.09. The number of hydrogen-bond donors (Lipinski definition) is 2. The van der Waals surface area contributed by atoms with Crippen molar-refractivity contribution in [2.45, 2.75) is 18.7 Å². The van der Waals surface area contributed by atoms with Crippen LogP contribution in [0.1, 0.15) is 12.5 Å². The molecule has 0 bridgehead atoms.